The van der Waals surface area contributed by atoms with E-state index in [1.54, 1.807) is 21.0 Å². The molecule has 2 rings (SSSR count). The van der Waals surface area contributed by atoms with Crippen LogP contribution in [-0.4, -0.2) is 87.6 Å². The first-order chi connectivity index (χ1) is 11.6. The maximum atomic E-state index is 12.4. The van der Waals surface area contributed by atoms with E-state index in [1.807, 2.05) is 10.2 Å². The number of halogens is 3. The number of amides is 1. The van der Waals surface area contributed by atoms with E-state index in [0.717, 1.165) is 0 Å². The number of ether oxygens (including phenoxy) is 4. The summed E-state index contributed by atoms with van der Waals surface area (Å²) in [6, 6.07) is -0.413. The zero-order chi connectivity index (χ0) is 18.7. The highest BCUT2D eigenvalue weighted by Crippen LogP contribution is 2.36. The fourth-order valence-corrected chi connectivity index (χ4v) is 3.13. The molecule has 7 nitrogen and oxygen atoms in total. The van der Waals surface area contributed by atoms with Crippen molar-refractivity contribution in [2.45, 2.75) is 44.1 Å². The third-order valence-corrected chi connectivity index (χ3v) is 4.17. The molecule has 25 heavy (non-hydrogen) atoms. The molecule has 0 aromatic rings. The molecule has 0 saturated carbocycles. The summed E-state index contributed by atoms with van der Waals surface area (Å²) in [4.78, 5) is 13.0. The van der Waals surface area contributed by atoms with Crippen molar-refractivity contribution in [3.8, 4) is 0 Å². The fourth-order valence-electron chi connectivity index (χ4n) is 3.13. The molecule has 0 aromatic carbocycles. The molecule has 2 aliphatic rings. The molecule has 10 heteroatoms. The summed E-state index contributed by atoms with van der Waals surface area (Å²) in [6.45, 7) is 5.66. The number of methoxy groups -OCH3 is 1. The Hall–Kier alpha value is -0.940. The average molecular weight is 370 g/mol. The molecular weight excluding hydrogens is 345 g/mol. The number of rotatable bonds is 8. The number of alkyl halides is 3. The maximum absolute atomic E-state index is 12.4. The summed E-state index contributed by atoms with van der Waals surface area (Å²) in [6.07, 6.45) is -5.55. The predicted octanol–water partition coefficient (Wildman–Crippen LogP) is 0.532. The molecule has 0 aliphatic carbocycles. The molecule has 0 spiro atoms. The molecule has 0 aromatic heterocycles. The fraction of sp³-hybridized carbons (Fsp3) is 0.933. The Morgan fingerprint density at radius 1 is 1.28 bits per heavy atom. The lowest BCUT2D eigenvalue weighted by Gasteiger charge is -2.30. The first-order valence-corrected chi connectivity index (χ1v) is 8.15. The standard InChI is InChI=1S/C15H25F3N2O5/c1-14(2)24-11-9-20(4-5-23-7-6-22-3)10(12(11)25-14)8-19-13(21)15(16,17)18/h10-12H,4-9H2,1-3H3,(H,19,21)/t10-,11-,12+/m0/s1. The lowest BCUT2D eigenvalue weighted by molar-refractivity contribution is -0.175. The van der Waals surface area contributed by atoms with Crippen LogP contribution in [0.2, 0.25) is 0 Å². The van der Waals surface area contributed by atoms with Gasteiger partial charge in [-0.15, -0.1) is 0 Å². The van der Waals surface area contributed by atoms with E-state index >= 15 is 0 Å². The van der Waals surface area contributed by atoms with Gasteiger partial charge in [0.25, 0.3) is 0 Å². The molecular formula is C15H25F3N2O5. The Morgan fingerprint density at radius 3 is 2.64 bits per heavy atom. The van der Waals surface area contributed by atoms with E-state index in [-0.39, 0.29) is 12.6 Å². The van der Waals surface area contributed by atoms with Crippen LogP contribution in [0.4, 0.5) is 13.2 Å². The molecule has 0 radical (unpaired) electrons. The van der Waals surface area contributed by atoms with E-state index < -0.39 is 30.0 Å². The summed E-state index contributed by atoms with van der Waals surface area (Å²) in [7, 11) is 1.57. The smallest absolute Gasteiger partial charge is 0.382 e. The molecule has 0 bridgehead atoms. The van der Waals surface area contributed by atoms with Gasteiger partial charge in [0.2, 0.25) is 0 Å². The van der Waals surface area contributed by atoms with Crippen molar-refractivity contribution in [3.63, 3.8) is 0 Å². The molecule has 2 fully saturated rings. The Labute approximate surface area is 144 Å². The molecule has 3 atom stereocenters. The van der Waals surface area contributed by atoms with Gasteiger partial charge in [-0.1, -0.05) is 0 Å². The van der Waals surface area contributed by atoms with Crippen molar-refractivity contribution in [2.75, 3.05) is 46.6 Å². The minimum absolute atomic E-state index is 0.170. The van der Waals surface area contributed by atoms with E-state index in [1.165, 1.54) is 0 Å². The second-order valence-corrected chi connectivity index (χ2v) is 6.51. The maximum Gasteiger partial charge on any atom is 0.471 e. The van der Waals surface area contributed by atoms with Crippen LogP contribution in [0.25, 0.3) is 0 Å². The summed E-state index contributed by atoms with van der Waals surface area (Å²) in [5.74, 6) is -2.74. The van der Waals surface area contributed by atoms with Crippen molar-refractivity contribution in [2.24, 2.45) is 0 Å². The number of nitrogens with one attached hydrogen (secondary N) is 1. The second kappa shape index (κ2) is 8.17. The van der Waals surface area contributed by atoms with Crippen LogP contribution in [-0.2, 0) is 23.7 Å². The van der Waals surface area contributed by atoms with Gasteiger partial charge in [0, 0.05) is 26.7 Å². The monoisotopic (exact) mass is 370 g/mol. The van der Waals surface area contributed by atoms with Crippen molar-refractivity contribution in [1.82, 2.24) is 10.2 Å². The van der Waals surface area contributed by atoms with Crippen LogP contribution >= 0.6 is 0 Å². The summed E-state index contributed by atoms with van der Waals surface area (Å²) >= 11 is 0. The van der Waals surface area contributed by atoms with Crippen molar-refractivity contribution in [3.05, 3.63) is 0 Å². The lowest BCUT2D eigenvalue weighted by Crippen LogP contribution is -2.49. The van der Waals surface area contributed by atoms with Gasteiger partial charge in [-0.25, -0.2) is 0 Å². The van der Waals surface area contributed by atoms with Gasteiger partial charge >= 0.3 is 12.1 Å². The SMILES string of the molecule is COCCOCCN1C[C@@H]2OC(C)(C)O[C@@H]2[C@@H]1CNC(=O)C(F)(F)F. The zero-order valence-electron chi connectivity index (χ0n) is 14.6. The van der Waals surface area contributed by atoms with E-state index in [0.29, 0.717) is 32.9 Å². The van der Waals surface area contributed by atoms with E-state index in [9.17, 15) is 18.0 Å². The Kier molecular flexibility index (Phi) is 6.66. The topological polar surface area (TPSA) is 69.3 Å². The van der Waals surface area contributed by atoms with Crippen LogP contribution in [0.3, 0.4) is 0 Å². The lowest BCUT2D eigenvalue weighted by atomic mass is 10.1. The molecule has 1 N–H and O–H groups in total. The molecule has 1 amide bonds. The Bertz CT molecular complexity index is 461. The number of fused-ring (bicyclic) bond motifs is 1. The summed E-state index contributed by atoms with van der Waals surface area (Å²) in [5.41, 5.74) is 0. The van der Waals surface area contributed by atoms with Crippen molar-refractivity contribution < 1.29 is 36.9 Å². The first-order valence-electron chi connectivity index (χ1n) is 8.15. The number of nitrogens with zero attached hydrogens (tertiary/aromatic N) is 1. The Morgan fingerprint density at radius 2 is 2.00 bits per heavy atom. The van der Waals surface area contributed by atoms with Gasteiger partial charge in [0.15, 0.2) is 5.79 Å². The van der Waals surface area contributed by atoms with Gasteiger partial charge in [0.05, 0.1) is 25.9 Å². The molecule has 146 valence electrons. The highest BCUT2D eigenvalue weighted by atomic mass is 19.4. The van der Waals surface area contributed by atoms with Crippen LogP contribution in [0.1, 0.15) is 13.8 Å². The quantitative estimate of drug-likeness (QED) is 0.629. The number of carbonyl (C=O) groups is 1. The highest BCUT2D eigenvalue weighted by Gasteiger charge is 2.52. The van der Waals surface area contributed by atoms with Crippen molar-refractivity contribution in [1.29, 1.82) is 0 Å². The van der Waals surface area contributed by atoms with Gasteiger partial charge in [0.1, 0.15) is 12.2 Å². The zero-order valence-corrected chi connectivity index (χ0v) is 14.6. The number of hydrogen-bond acceptors (Lipinski definition) is 6. The molecule has 2 aliphatic heterocycles. The van der Waals surface area contributed by atoms with E-state index in [2.05, 4.69) is 0 Å². The highest BCUT2D eigenvalue weighted by molar-refractivity contribution is 5.81. The number of likely N-dealkylation sites (tertiary alicyclic amines) is 1. The van der Waals surface area contributed by atoms with Crippen LogP contribution < -0.4 is 5.32 Å². The largest absolute Gasteiger partial charge is 0.471 e. The third kappa shape index (κ3) is 5.52. The molecule has 2 heterocycles. The second-order valence-electron chi connectivity index (χ2n) is 6.51. The molecule has 2 saturated heterocycles. The minimum Gasteiger partial charge on any atom is -0.382 e. The summed E-state index contributed by atoms with van der Waals surface area (Å²) < 4.78 is 59.2. The normalized spacial score (nSPS) is 29.0. The van der Waals surface area contributed by atoms with Gasteiger partial charge in [-0.05, 0) is 13.8 Å². The van der Waals surface area contributed by atoms with E-state index in [4.69, 9.17) is 18.9 Å². The third-order valence-electron chi connectivity index (χ3n) is 4.17. The minimum atomic E-state index is -4.90. The van der Waals surface area contributed by atoms with Crippen LogP contribution in [0.5, 0.6) is 0 Å². The first kappa shape index (κ1) is 20.4. The number of hydrogen-bond donors (Lipinski definition) is 1. The van der Waals surface area contributed by atoms with Gasteiger partial charge < -0.3 is 24.3 Å². The van der Waals surface area contributed by atoms with Gasteiger partial charge in [-0.2, -0.15) is 13.2 Å². The van der Waals surface area contributed by atoms with Crippen LogP contribution in [0, 0.1) is 0 Å². The van der Waals surface area contributed by atoms with Crippen molar-refractivity contribution >= 4 is 5.91 Å². The number of carbonyl (C=O) groups excluding carboxylic acids is 1. The average Bonchev–Trinajstić information content (AvgIpc) is 2.95. The van der Waals surface area contributed by atoms with Gasteiger partial charge in [-0.3, -0.25) is 9.69 Å². The van der Waals surface area contributed by atoms with Crippen LogP contribution in [0.15, 0.2) is 0 Å². The molecule has 0 unspecified atom stereocenters. The predicted molar refractivity (Wildman–Crippen MR) is 80.9 cm³/mol. The Balaban J connectivity index is 1.92. The summed E-state index contributed by atoms with van der Waals surface area (Å²) in [5, 5.41) is 1.94.